The van der Waals surface area contributed by atoms with Gasteiger partial charge in [-0.1, -0.05) is 24.3 Å². The molecule has 2 aromatic rings. The van der Waals surface area contributed by atoms with E-state index < -0.39 is 0 Å². The van der Waals surface area contributed by atoms with Crippen molar-refractivity contribution in [2.45, 2.75) is 18.9 Å². The molecule has 1 aliphatic rings. The van der Waals surface area contributed by atoms with E-state index in [-0.39, 0.29) is 0 Å². The molecule has 0 spiro atoms. The van der Waals surface area contributed by atoms with Gasteiger partial charge in [-0.15, -0.1) is 0 Å². The maximum Gasteiger partial charge on any atom is 0.158 e. The highest BCUT2D eigenvalue weighted by atomic mass is 16.5. The van der Waals surface area contributed by atoms with Gasteiger partial charge in [0.2, 0.25) is 0 Å². The molecular formula is C15H19N5O. The molecule has 1 aromatic carbocycles. The zero-order valence-electron chi connectivity index (χ0n) is 12.0. The van der Waals surface area contributed by atoms with E-state index >= 15 is 0 Å². The zero-order valence-corrected chi connectivity index (χ0v) is 12.0. The molecular weight excluding hydrogens is 266 g/mol. The largest absolute Gasteiger partial charge is 0.377 e. The number of hydrazine groups is 1. The summed E-state index contributed by atoms with van der Waals surface area (Å²) in [5.41, 5.74) is 5.42. The lowest BCUT2D eigenvalue weighted by Crippen LogP contribution is -2.24. The maximum atomic E-state index is 5.43. The predicted molar refractivity (Wildman–Crippen MR) is 81.9 cm³/mol. The van der Waals surface area contributed by atoms with E-state index in [1.165, 1.54) is 11.1 Å². The van der Waals surface area contributed by atoms with Crippen LogP contribution in [0.1, 0.15) is 22.9 Å². The maximum absolute atomic E-state index is 5.43. The summed E-state index contributed by atoms with van der Waals surface area (Å²) in [5, 5.41) is 3.36. The Balaban J connectivity index is 1.67. The normalized spacial score (nSPS) is 16.0. The van der Waals surface area contributed by atoms with Crippen LogP contribution in [0.5, 0.6) is 0 Å². The Bertz CT molecular complexity index is 631. The van der Waals surface area contributed by atoms with Gasteiger partial charge in [0.05, 0.1) is 0 Å². The Morgan fingerprint density at radius 3 is 2.86 bits per heavy atom. The summed E-state index contributed by atoms with van der Waals surface area (Å²) in [6.07, 6.45) is 1.11. The molecule has 0 aliphatic heterocycles. The van der Waals surface area contributed by atoms with Crippen molar-refractivity contribution in [1.29, 1.82) is 0 Å². The number of anilines is 2. The molecule has 0 amide bonds. The van der Waals surface area contributed by atoms with Crippen molar-refractivity contribution in [3.8, 4) is 0 Å². The number of nitrogens with zero attached hydrogens (tertiary/aromatic N) is 2. The fourth-order valence-corrected chi connectivity index (χ4v) is 2.63. The number of nitrogens with one attached hydrogen (secondary N) is 2. The summed E-state index contributed by atoms with van der Waals surface area (Å²) in [5.74, 6) is 7.91. The fraction of sp³-hybridized carbons (Fsp3) is 0.333. The summed E-state index contributed by atoms with van der Waals surface area (Å²) in [4.78, 5) is 8.64. The molecule has 6 heteroatoms. The van der Waals surface area contributed by atoms with Crippen molar-refractivity contribution in [3.63, 3.8) is 0 Å². The molecule has 6 nitrogen and oxygen atoms in total. The van der Waals surface area contributed by atoms with Crippen LogP contribution in [0.2, 0.25) is 0 Å². The van der Waals surface area contributed by atoms with Gasteiger partial charge in [0.25, 0.3) is 0 Å². The van der Waals surface area contributed by atoms with Crippen LogP contribution in [-0.2, 0) is 17.8 Å². The second-order valence-electron chi connectivity index (χ2n) is 5.11. The topological polar surface area (TPSA) is 85.1 Å². The van der Waals surface area contributed by atoms with Gasteiger partial charge in [-0.25, -0.2) is 15.8 Å². The van der Waals surface area contributed by atoms with E-state index in [0.29, 0.717) is 24.2 Å². The first-order valence-electron chi connectivity index (χ1n) is 6.95. The number of rotatable bonds is 6. The number of hydrogen-bond acceptors (Lipinski definition) is 6. The van der Waals surface area contributed by atoms with Gasteiger partial charge in [-0.3, -0.25) is 0 Å². The third kappa shape index (κ3) is 2.96. The van der Waals surface area contributed by atoms with Gasteiger partial charge in [0, 0.05) is 25.6 Å². The quantitative estimate of drug-likeness (QED) is 0.553. The molecule has 3 rings (SSSR count). The standard InChI is InChI=1S/C15H19N5O/c1-21-9-15-18-13(7-14(19-15)20-16)17-8-11-6-10-4-2-3-5-12(10)11/h2-5,7,11H,6,8-9,16H2,1H3,(H2,17,18,19,20). The van der Waals surface area contributed by atoms with E-state index in [1.54, 1.807) is 13.2 Å². The Morgan fingerprint density at radius 1 is 1.29 bits per heavy atom. The molecule has 1 unspecified atom stereocenters. The molecule has 1 atom stereocenters. The smallest absolute Gasteiger partial charge is 0.158 e. The summed E-state index contributed by atoms with van der Waals surface area (Å²) < 4.78 is 5.07. The summed E-state index contributed by atoms with van der Waals surface area (Å²) in [7, 11) is 1.62. The molecule has 110 valence electrons. The number of benzene rings is 1. The van der Waals surface area contributed by atoms with Gasteiger partial charge in [-0.05, 0) is 17.5 Å². The highest BCUT2D eigenvalue weighted by Gasteiger charge is 2.25. The van der Waals surface area contributed by atoms with Crippen LogP contribution in [0.3, 0.4) is 0 Å². The van der Waals surface area contributed by atoms with Gasteiger partial charge in [-0.2, -0.15) is 0 Å². The Morgan fingerprint density at radius 2 is 2.10 bits per heavy atom. The van der Waals surface area contributed by atoms with Crippen LogP contribution in [0.25, 0.3) is 0 Å². The van der Waals surface area contributed by atoms with E-state index in [1.807, 2.05) is 0 Å². The van der Waals surface area contributed by atoms with Gasteiger partial charge in [0.15, 0.2) is 5.82 Å². The third-order valence-corrected chi connectivity index (χ3v) is 3.68. The molecule has 0 saturated carbocycles. The number of nitrogens with two attached hydrogens (primary N) is 1. The lowest BCUT2D eigenvalue weighted by Gasteiger charge is -2.30. The molecule has 0 saturated heterocycles. The van der Waals surface area contributed by atoms with Crippen LogP contribution in [0, 0.1) is 0 Å². The molecule has 21 heavy (non-hydrogen) atoms. The number of aromatic nitrogens is 2. The lowest BCUT2D eigenvalue weighted by atomic mass is 9.77. The number of methoxy groups -OCH3 is 1. The third-order valence-electron chi connectivity index (χ3n) is 3.68. The van der Waals surface area contributed by atoms with E-state index in [2.05, 4.69) is 45.0 Å². The summed E-state index contributed by atoms with van der Waals surface area (Å²) in [6, 6.07) is 10.3. The second kappa shape index (κ2) is 6.07. The first-order chi connectivity index (χ1) is 10.3. The van der Waals surface area contributed by atoms with Crippen LogP contribution in [-0.4, -0.2) is 23.6 Å². The van der Waals surface area contributed by atoms with E-state index in [0.717, 1.165) is 18.8 Å². The van der Waals surface area contributed by atoms with Gasteiger partial charge in [0.1, 0.15) is 18.2 Å². The molecule has 4 N–H and O–H groups in total. The van der Waals surface area contributed by atoms with Crippen molar-refractivity contribution in [1.82, 2.24) is 9.97 Å². The van der Waals surface area contributed by atoms with Crippen molar-refractivity contribution >= 4 is 11.6 Å². The Kier molecular flexibility index (Phi) is 3.98. The van der Waals surface area contributed by atoms with Crippen molar-refractivity contribution in [2.24, 2.45) is 5.84 Å². The molecule has 0 bridgehead atoms. The van der Waals surface area contributed by atoms with E-state index in [9.17, 15) is 0 Å². The summed E-state index contributed by atoms with van der Waals surface area (Å²) in [6.45, 7) is 1.21. The number of hydrogen-bond donors (Lipinski definition) is 3. The molecule has 1 aliphatic carbocycles. The fourth-order valence-electron chi connectivity index (χ4n) is 2.63. The van der Waals surface area contributed by atoms with Crippen molar-refractivity contribution < 1.29 is 4.74 Å². The average Bonchev–Trinajstić information content (AvgIpc) is 2.48. The van der Waals surface area contributed by atoms with Crippen LogP contribution in [0.15, 0.2) is 30.3 Å². The molecule has 1 heterocycles. The van der Waals surface area contributed by atoms with Gasteiger partial charge < -0.3 is 15.5 Å². The zero-order chi connectivity index (χ0) is 14.7. The first-order valence-corrected chi connectivity index (χ1v) is 6.95. The lowest BCUT2D eigenvalue weighted by molar-refractivity contribution is 0.178. The number of fused-ring (bicyclic) bond motifs is 1. The monoisotopic (exact) mass is 285 g/mol. The number of nitrogen functional groups attached to an aromatic ring is 1. The highest BCUT2D eigenvalue weighted by Crippen LogP contribution is 2.34. The molecule has 1 aromatic heterocycles. The van der Waals surface area contributed by atoms with Crippen molar-refractivity contribution in [3.05, 3.63) is 47.3 Å². The Labute approximate surface area is 123 Å². The van der Waals surface area contributed by atoms with Crippen LogP contribution < -0.4 is 16.6 Å². The first kappa shape index (κ1) is 13.8. The highest BCUT2D eigenvalue weighted by molar-refractivity contribution is 5.48. The summed E-state index contributed by atoms with van der Waals surface area (Å²) >= 11 is 0. The van der Waals surface area contributed by atoms with Gasteiger partial charge >= 0.3 is 0 Å². The minimum atomic E-state index is 0.358. The second-order valence-corrected chi connectivity index (χ2v) is 5.11. The van der Waals surface area contributed by atoms with E-state index in [4.69, 9.17) is 10.6 Å². The minimum absolute atomic E-state index is 0.358. The predicted octanol–water partition coefficient (Wildman–Crippen LogP) is 1.66. The van der Waals surface area contributed by atoms with Crippen LogP contribution in [0.4, 0.5) is 11.6 Å². The SMILES string of the molecule is COCc1nc(NN)cc(NCC2Cc3ccccc32)n1. The van der Waals surface area contributed by atoms with Crippen LogP contribution >= 0.6 is 0 Å². The average molecular weight is 285 g/mol. The molecule has 0 fully saturated rings. The van der Waals surface area contributed by atoms with Crippen molar-refractivity contribution in [2.75, 3.05) is 24.4 Å². The minimum Gasteiger partial charge on any atom is -0.377 e. The molecule has 0 radical (unpaired) electrons. The Hall–Kier alpha value is -2.18. The number of ether oxygens (including phenoxy) is 1.